The second-order valence-corrected chi connectivity index (χ2v) is 11.2. The van der Waals surface area contributed by atoms with Gasteiger partial charge in [0.1, 0.15) is 6.10 Å². The van der Waals surface area contributed by atoms with Gasteiger partial charge >= 0.3 is 5.97 Å². The first-order valence-electron chi connectivity index (χ1n) is 12.2. The Balaban J connectivity index is 1.22. The van der Waals surface area contributed by atoms with Crippen LogP contribution in [0.25, 0.3) is 0 Å². The molecule has 2 saturated heterocycles. The first kappa shape index (κ1) is 19.8. The third-order valence-corrected chi connectivity index (χ3v) is 9.19. The topological polar surface area (TPSA) is 51.5 Å². The lowest BCUT2D eigenvalue weighted by Crippen LogP contribution is -2.49. The van der Waals surface area contributed by atoms with Crippen LogP contribution in [-0.2, 0) is 16.1 Å². The monoisotopic (exact) mass is 422 g/mol. The van der Waals surface area contributed by atoms with E-state index < -0.39 is 0 Å². The SMILES string of the molecule is CC1=C2C[C@H]3[C@@H](C[C@@]2(C)CCC1)OC(=O)[C@@H]3CN1C[C@H]2C[C@H](C1)c1cccc(=O)n1C2. The van der Waals surface area contributed by atoms with Crippen LogP contribution in [0, 0.1) is 23.2 Å². The lowest BCUT2D eigenvalue weighted by atomic mass is 9.59. The lowest BCUT2D eigenvalue weighted by molar-refractivity contribution is -0.145. The standard InChI is InChI=1S/C26H34N2O3/c1-16-5-4-8-26(2)11-23-19(10-21(16)26)20(25(30)31-23)15-27-12-17-9-18(14-27)22-6-3-7-24(29)28(22)13-17/h3,6-7,17-20,23H,4-5,8-15H2,1-2H3/t17-,18-,19-,20-,23-,26-/m1/s1. The maximum Gasteiger partial charge on any atom is 0.310 e. The third kappa shape index (κ3) is 3.14. The molecule has 1 saturated carbocycles. The Morgan fingerprint density at radius 1 is 1.19 bits per heavy atom. The molecular formula is C26H34N2O3. The number of nitrogens with zero attached hydrogens (tertiary/aromatic N) is 2. The molecule has 4 heterocycles. The molecule has 0 spiro atoms. The second-order valence-electron chi connectivity index (χ2n) is 11.2. The fraction of sp³-hybridized carbons (Fsp3) is 0.692. The molecule has 3 fully saturated rings. The van der Waals surface area contributed by atoms with Crippen LogP contribution in [0.2, 0.25) is 0 Å². The van der Waals surface area contributed by atoms with Crippen molar-refractivity contribution in [2.75, 3.05) is 19.6 Å². The van der Waals surface area contributed by atoms with E-state index >= 15 is 0 Å². The van der Waals surface area contributed by atoms with Gasteiger partial charge in [-0.15, -0.1) is 0 Å². The molecule has 2 aliphatic carbocycles. The number of esters is 1. The number of hydrogen-bond donors (Lipinski definition) is 0. The Kier molecular flexibility index (Phi) is 4.51. The number of piperidine rings is 1. The van der Waals surface area contributed by atoms with E-state index in [1.165, 1.54) is 25.0 Å². The zero-order valence-corrected chi connectivity index (χ0v) is 18.8. The van der Waals surface area contributed by atoms with Gasteiger partial charge in [-0.1, -0.05) is 24.1 Å². The van der Waals surface area contributed by atoms with E-state index in [4.69, 9.17) is 4.74 Å². The van der Waals surface area contributed by atoms with Gasteiger partial charge in [0.2, 0.25) is 0 Å². The largest absolute Gasteiger partial charge is 0.462 e. The molecule has 0 radical (unpaired) electrons. The molecule has 6 rings (SSSR count). The lowest BCUT2D eigenvalue weighted by Gasteiger charge is -2.46. The van der Waals surface area contributed by atoms with E-state index in [0.717, 1.165) is 45.4 Å². The summed E-state index contributed by atoms with van der Waals surface area (Å²) in [5.74, 6) is 1.25. The molecule has 6 atom stereocenters. The number of carbonyl (C=O) groups is 1. The van der Waals surface area contributed by atoms with E-state index in [1.807, 2.05) is 10.6 Å². The molecular weight excluding hydrogens is 388 g/mol. The molecule has 0 unspecified atom stereocenters. The molecule has 5 aliphatic rings. The molecule has 31 heavy (non-hydrogen) atoms. The van der Waals surface area contributed by atoms with Gasteiger partial charge in [-0.05, 0) is 62.8 Å². The van der Waals surface area contributed by atoms with E-state index in [9.17, 15) is 9.59 Å². The summed E-state index contributed by atoms with van der Waals surface area (Å²) in [7, 11) is 0. The molecule has 1 aromatic rings. The summed E-state index contributed by atoms with van der Waals surface area (Å²) in [6, 6.07) is 5.69. The Hall–Kier alpha value is -1.88. The minimum absolute atomic E-state index is 0.00595. The molecule has 0 N–H and O–H groups in total. The quantitative estimate of drug-likeness (QED) is 0.538. The normalized spacial score (nSPS) is 39.5. The first-order valence-corrected chi connectivity index (χ1v) is 12.2. The highest BCUT2D eigenvalue weighted by Crippen LogP contribution is 2.55. The zero-order valence-electron chi connectivity index (χ0n) is 18.8. The Morgan fingerprint density at radius 3 is 2.94 bits per heavy atom. The number of rotatable bonds is 2. The predicted octanol–water partition coefficient (Wildman–Crippen LogP) is 3.73. The first-order chi connectivity index (χ1) is 14.9. The average molecular weight is 423 g/mol. The van der Waals surface area contributed by atoms with Crippen molar-refractivity contribution in [2.24, 2.45) is 23.2 Å². The van der Waals surface area contributed by atoms with Gasteiger partial charge in [0.25, 0.3) is 5.56 Å². The zero-order chi connectivity index (χ0) is 21.3. The second kappa shape index (κ2) is 7.06. The maximum atomic E-state index is 13.0. The summed E-state index contributed by atoms with van der Waals surface area (Å²) in [4.78, 5) is 27.8. The van der Waals surface area contributed by atoms with Crippen molar-refractivity contribution in [2.45, 2.75) is 70.9 Å². The smallest absolute Gasteiger partial charge is 0.310 e. The van der Waals surface area contributed by atoms with Crippen LogP contribution in [0.15, 0.2) is 34.1 Å². The molecule has 0 aromatic carbocycles. The van der Waals surface area contributed by atoms with Crippen LogP contribution >= 0.6 is 0 Å². The van der Waals surface area contributed by atoms with E-state index in [-0.39, 0.29) is 29.0 Å². The fourth-order valence-corrected chi connectivity index (χ4v) is 7.74. The molecule has 166 valence electrons. The molecule has 3 aliphatic heterocycles. The fourth-order valence-electron chi connectivity index (χ4n) is 7.74. The number of aromatic nitrogens is 1. The number of carbonyl (C=O) groups excluding carboxylic acids is 1. The van der Waals surface area contributed by atoms with Gasteiger partial charge in [0, 0.05) is 49.8 Å². The summed E-state index contributed by atoms with van der Waals surface area (Å²) in [6.45, 7) is 8.26. The van der Waals surface area contributed by atoms with Crippen molar-refractivity contribution < 1.29 is 9.53 Å². The highest BCUT2D eigenvalue weighted by Gasteiger charge is 2.53. The van der Waals surface area contributed by atoms with Crippen LogP contribution in [0.1, 0.15) is 64.0 Å². The van der Waals surface area contributed by atoms with Crippen molar-refractivity contribution in [3.8, 4) is 0 Å². The number of hydrogen-bond acceptors (Lipinski definition) is 4. The summed E-state index contributed by atoms with van der Waals surface area (Å²) >= 11 is 0. The average Bonchev–Trinajstić information content (AvgIpc) is 3.01. The van der Waals surface area contributed by atoms with Crippen molar-refractivity contribution in [1.29, 1.82) is 0 Å². The van der Waals surface area contributed by atoms with Crippen LogP contribution in [-0.4, -0.2) is 41.2 Å². The van der Waals surface area contributed by atoms with Crippen molar-refractivity contribution in [1.82, 2.24) is 9.47 Å². The summed E-state index contributed by atoms with van der Waals surface area (Å²) < 4.78 is 7.98. The van der Waals surface area contributed by atoms with Gasteiger partial charge in [0.15, 0.2) is 0 Å². The predicted molar refractivity (Wildman–Crippen MR) is 119 cm³/mol. The van der Waals surface area contributed by atoms with Crippen molar-refractivity contribution >= 4 is 5.97 Å². The molecule has 2 bridgehead atoms. The molecule has 1 aromatic heterocycles. The Labute approximate surface area is 184 Å². The third-order valence-electron chi connectivity index (χ3n) is 9.19. The highest BCUT2D eigenvalue weighted by molar-refractivity contribution is 5.76. The van der Waals surface area contributed by atoms with Crippen molar-refractivity contribution in [3.63, 3.8) is 0 Å². The van der Waals surface area contributed by atoms with E-state index in [0.29, 0.717) is 17.8 Å². The Bertz CT molecular complexity index is 1010. The van der Waals surface area contributed by atoms with Gasteiger partial charge in [-0.3, -0.25) is 9.59 Å². The number of ether oxygens (including phenoxy) is 1. The summed E-state index contributed by atoms with van der Waals surface area (Å²) in [5.41, 5.74) is 4.74. The molecule has 0 amide bonds. The van der Waals surface area contributed by atoms with Crippen molar-refractivity contribution in [3.05, 3.63) is 45.4 Å². The number of fused-ring (bicyclic) bond motifs is 6. The van der Waals surface area contributed by atoms with Crippen LogP contribution < -0.4 is 5.56 Å². The number of likely N-dealkylation sites (tertiary alicyclic amines) is 1. The molecule has 5 heteroatoms. The van der Waals surface area contributed by atoms with Crippen LogP contribution in [0.4, 0.5) is 0 Å². The minimum Gasteiger partial charge on any atom is -0.462 e. The summed E-state index contributed by atoms with van der Waals surface area (Å²) in [5, 5.41) is 0. The van der Waals surface area contributed by atoms with E-state index in [1.54, 1.807) is 17.2 Å². The van der Waals surface area contributed by atoms with Gasteiger partial charge in [-0.2, -0.15) is 0 Å². The number of pyridine rings is 1. The summed E-state index contributed by atoms with van der Waals surface area (Å²) in [6.07, 6.45) is 7.03. The van der Waals surface area contributed by atoms with Crippen LogP contribution in [0.3, 0.4) is 0 Å². The maximum absolute atomic E-state index is 13.0. The van der Waals surface area contributed by atoms with Crippen LogP contribution in [0.5, 0.6) is 0 Å². The molecule has 5 nitrogen and oxygen atoms in total. The highest BCUT2D eigenvalue weighted by atomic mass is 16.6. The minimum atomic E-state index is -0.00595. The van der Waals surface area contributed by atoms with Gasteiger partial charge < -0.3 is 14.2 Å². The van der Waals surface area contributed by atoms with E-state index in [2.05, 4.69) is 24.8 Å². The van der Waals surface area contributed by atoms with Gasteiger partial charge in [-0.25, -0.2) is 0 Å². The van der Waals surface area contributed by atoms with Gasteiger partial charge in [0.05, 0.1) is 5.92 Å². The number of allylic oxidation sites excluding steroid dienone is 2. The Morgan fingerprint density at radius 2 is 2.06 bits per heavy atom.